The molecule has 4 nitrogen and oxygen atoms in total. The van der Waals surface area contributed by atoms with Crippen LogP contribution in [0, 0.1) is 11.3 Å². The van der Waals surface area contributed by atoms with Crippen molar-refractivity contribution in [3.63, 3.8) is 0 Å². The number of hydrogen-bond acceptors (Lipinski definition) is 4. The summed E-state index contributed by atoms with van der Waals surface area (Å²) in [5, 5.41) is 0.512. The molecule has 0 radical (unpaired) electrons. The molecule has 2 heterocycles. The van der Waals surface area contributed by atoms with E-state index >= 15 is 0 Å². The Morgan fingerprint density at radius 1 is 1.45 bits per heavy atom. The van der Waals surface area contributed by atoms with Gasteiger partial charge in [-0.15, -0.1) is 0 Å². The summed E-state index contributed by atoms with van der Waals surface area (Å²) in [6.45, 7) is 8.86. The molecule has 20 heavy (non-hydrogen) atoms. The predicted octanol–water partition coefficient (Wildman–Crippen LogP) is 1.48. The molecule has 0 spiro atoms. The van der Waals surface area contributed by atoms with Gasteiger partial charge in [0.2, 0.25) is 5.91 Å². The Bertz CT molecular complexity index is 415. The second-order valence-electron chi connectivity index (χ2n) is 7.06. The van der Waals surface area contributed by atoms with Crippen molar-refractivity contribution in [2.75, 3.05) is 25.4 Å². The van der Waals surface area contributed by atoms with Crippen molar-refractivity contribution in [3.05, 3.63) is 0 Å². The molecule has 114 valence electrons. The largest absolute Gasteiger partial charge is 0.377 e. The average molecular weight is 298 g/mol. The molecule has 2 aliphatic heterocycles. The summed E-state index contributed by atoms with van der Waals surface area (Å²) in [6, 6.07) is 0. The highest BCUT2D eigenvalue weighted by molar-refractivity contribution is 7.99. The van der Waals surface area contributed by atoms with Gasteiger partial charge in [0.1, 0.15) is 5.54 Å². The zero-order chi connectivity index (χ0) is 14.5. The molecule has 1 aliphatic carbocycles. The SMILES string of the molecule is CC1CN(C(=O)C2(N)C3CCCOC3C2(C)C)CCS1. The van der Waals surface area contributed by atoms with E-state index in [0.717, 1.165) is 38.3 Å². The third-order valence-electron chi connectivity index (χ3n) is 5.57. The van der Waals surface area contributed by atoms with Gasteiger partial charge in [-0.2, -0.15) is 11.8 Å². The van der Waals surface area contributed by atoms with Gasteiger partial charge in [-0.25, -0.2) is 0 Å². The number of nitrogens with two attached hydrogens (primary N) is 1. The average Bonchev–Trinajstić information content (AvgIpc) is 2.45. The Balaban J connectivity index is 1.82. The van der Waals surface area contributed by atoms with Crippen LogP contribution < -0.4 is 5.73 Å². The highest BCUT2D eigenvalue weighted by Gasteiger charge is 2.70. The fraction of sp³-hybridized carbons (Fsp3) is 0.933. The van der Waals surface area contributed by atoms with Crippen LogP contribution in [-0.2, 0) is 9.53 Å². The van der Waals surface area contributed by atoms with Crippen LogP contribution >= 0.6 is 11.8 Å². The van der Waals surface area contributed by atoms with Crippen LogP contribution in [0.1, 0.15) is 33.6 Å². The fourth-order valence-corrected chi connectivity index (χ4v) is 5.29. The summed E-state index contributed by atoms with van der Waals surface area (Å²) in [4.78, 5) is 15.0. The van der Waals surface area contributed by atoms with Gasteiger partial charge in [0.15, 0.2) is 0 Å². The van der Waals surface area contributed by atoms with Crippen LogP contribution in [0.2, 0.25) is 0 Å². The Kier molecular flexibility index (Phi) is 3.58. The lowest BCUT2D eigenvalue weighted by Crippen LogP contribution is -2.82. The molecule has 4 atom stereocenters. The van der Waals surface area contributed by atoms with E-state index in [1.807, 2.05) is 16.7 Å². The molecule has 0 aromatic carbocycles. The number of fused-ring (bicyclic) bond motifs is 1. The van der Waals surface area contributed by atoms with Gasteiger partial charge in [0.05, 0.1) is 6.10 Å². The first-order valence-electron chi connectivity index (χ1n) is 7.70. The van der Waals surface area contributed by atoms with Crippen LogP contribution in [0.15, 0.2) is 0 Å². The molecule has 2 saturated heterocycles. The molecule has 3 fully saturated rings. The van der Waals surface area contributed by atoms with E-state index < -0.39 is 5.54 Å². The lowest BCUT2D eigenvalue weighted by molar-refractivity contribution is -0.230. The molecule has 0 bridgehead atoms. The predicted molar refractivity (Wildman–Crippen MR) is 81.7 cm³/mol. The molecule has 3 rings (SSSR count). The Hall–Kier alpha value is -0.260. The van der Waals surface area contributed by atoms with Crippen LogP contribution in [-0.4, -0.2) is 53.1 Å². The number of nitrogens with zero attached hydrogens (tertiary/aromatic N) is 1. The second-order valence-corrected chi connectivity index (χ2v) is 8.61. The number of ether oxygens (including phenoxy) is 1. The number of hydrogen-bond donors (Lipinski definition) is 1. The molecule has 0 aromatic rings. The maximum Gasteiger partial charge on any atom is 0.243 e. The van der Waals surface area contributed by atoms with Crippen molar-refractivity contribution in [2.24, 2.45) is 17.1 Å². The first-order valence-corrected chi connectivity index (χ1v) is 8.75. The molecule has 0 aromatic heterocycles. The normalized spacial score (nSPS) is 43.6. The molecular formula is C15H26N2O2S. The van der Waals surface area contributed by atoms with Crippen molar-refractivity contribution in [3.8, 4) is 0 Å². The summed E-state index contributed by atoms with van der Waals surface area (Å²) in [5.74, 6) is 1.37. The van der Waals surface area contributed by atoms with Crippen LogP contribution in [0.4, 0.5) is 0 Å². The Labute approximate surface area is 125 Å². The van der Waals surface area contributed by atoms with Gasteiger partial charge in [-0.1, -0.05) is 20.8 Å². The van der Waals surface area contributed by atoms with Gasteiger partial charge in [0.25, 0.3) is 0 Å². The maximum absolute atomic E-state index is 13.1. The molecule has 1 saturated carbocycles. The number of thioether (sulfide) groups is 1. The van der Waals surface area contributed by atoms with E-state index in [9.17, 15) is 4.79 Å². The van der Waals surface area contributed by atoms with Crippen LogP contribution in [0.25, 0.3) is 0 Å². The topological polar surface area (TPSA) is 55.6 Å². The van der Waals surface area contributed by atoms with Crippen LogP contribution in [0.3, 0.4) is 0 Å². The Morgan fingerprint density at radius 3 is 2.90 bits per heavy atom. The van der Waals surface area contributed by atoms with Gasteiger partial charge >= 0.3 is 0 Å². The van der Waals surface area contributed by atoms with Crippen molar-refractivity contribution >= 4 is 17.7 Å². The monoisotopic (exact) mass is 298 g/mol. The van der Waals surface area contributed by atoms with E-state index in [1.54, 1.807) is 0 Å². The molecule has 4 unspecified atom stereocenters. The summed E-state index contributed by atoms with van der Waals surface area (Å²) < 4.78 is 5.89. The minimum absolute atomic E-state index is 0.154. The van der Waals surface area contributed by atoms with E-state index in [2.05, 4.69) is 20.8 Å². The third kappa shape index (κ3) is 1.86. The molecular weight excluding hydrogens is 272 g/mol. The van der Waals surface area contributed by atoms with E-state index in [0.29, 0.717) is 5.25 Å². The molecule has 5 heteroatoms. The number of carbonyl (C=O) groups excluding carboxylic acids is 1. The molecule has 2 N–H and O–H groups in total. The zero-order valence-electron chi connectivity index (χ0n) is 12.7. The highest BCUT2D eigenvalue weighted by atomic mass is 32.2. The standard InChI is InChI=1S/C15H26N2O2S/c1-10-9-17(6-8-20-10)13(18)15(16)11-5-4-7-19-12(11)14(15,2)3/h10-12H,4-9,16H2,1-3H3. The van der Waals surface area contributed by atoms with E-state index in [4.69, 9.17) is 10.5 Å². The van der Waals surface area contributed by atoms with Crippen LogP contribution in [0.5, 0.6) is 0 Å². The molecule has 3 aliphatic rings. The quantitative estimate of drug-likeness (QED) is 0.797. The maximum atomic E-state index is 13.1. The first-order chi connectivity index (χ1) is 9.39. The molecule has 1 amide bonds. The summed E-state index contributed by atoms with van der Waals surface area (Å²) >= 11 is 1.94. The van der Waals surface area contributed by atoms with Gasteiger partial charge in [0, 0.05) is 42.0 Å². The fourth-order valence-electron chi connectivity index (χ4n) is 4.27. The van der Waals surface area contributed by atoms with Crippen molar-refractivity contribution in [2.45, 2.75) is 50.5 Å². The minimum Gasteiger partial charge on any atom is -0.377 e. The smallest absolute Gasteiger partial charge is 0.243 e. The third-order valence-corrected chi connectivity index (χ3v) is 6.70. The van der Waals surface area contributed by atoms with Crippen molar-refractivity contribution < 1.29 is 9.53 Å². The van der Waals surface area contributed by atoms with Gasteiger partial charge in [-0.3, -0.25) is 4.79 Å². The van der Waals surface area contributed by atoms with E-state index in [-0.39, 0.29) is 23.3 Å². The Morgan fingerprint density at radius 2 is 2.20 bits per heavy atom. The van der Waals surface area contributed by atoms with Gasteiger partial charge < -0.3 is 15.4 Å². The number of rotatable bonds is 1. The number of amides is 1. The lowest BCUT2D eigenvalue weighted by atomic mass is 9.46. The summed E-state index contributed by atoms with van der Waals surface area (Å²) in [6.07, 6.45) is 2.20. The van der Waals surface area contributed by atoms with Gasteiger partial charge in [-0.05, 0) is 12.8 Å². The second kappa shape index (κ2) is 4.89. The van der Waals surface area contributed by atoms with E-state index in [1.165, 1.54) is 0 Å². The lowest BCUT2D eigenvalue weighted by Gasteiger charge is -2.66. The summed E-state index contributed by atoms with van der Waals surface area (Å²) in [5.41, 5.74) is 5.68. The summed E-state index contributed by atoms with van der Waals surface area (Å²) in [7, 11) is 0. The van der Waals surface area contributed by atoms with Crippen molar-refractivity contribution in [1.29, 1.82) is 0 Å². The highest BCUT2D eigenvalue weighted by Crippen LogP contribution is 2.58. The van der Waals surface area contributed by atoms with Crippen molar-refractivity contribution in [1.82, 2.24) is 4.90 Å². The minimum atomic E-state index is -0.736. The first kappa shape index (κ1) is 14.7. The zero-order valence-corrected chi connectivity index (χ0v) is 13.5. The number of carbonyl (C=O) groups is 1.